The lowest BCUT2D eigenvalue weighted by atomic mass is 9.95. The summed E-state index contributed by atoms with van der Waals surface area (Å²) in [4.78, 5) is 15.4. The number of rotatable bonds is 6. The Labute approximate surface area is 180 Å². The molecule has 2 aromatic carbocycles. The van der Waals surface area contributed by atoms with E-state index in [0.717, 1.165) is 41.8 Å². The van der Waals surface area contributed by atoms with Gasteiger partial charge in [0, 0.05) is 35.9 Å². The van der Waals surface area contributed by atoms with E-state index in [0.29, 0.717) is 23.7 Å². The molecule has 1 fully saturated rings. The number of fused-ring (bicyclic) bond motifs is 1. The SMILES string of the molecule is COc1ccc(C2c3c(-c4ccccc4)n[nH]c3C(=O)N2CC2CCCO2)c(OC)c1. The van der Waals surface area contributed by atoms with E-state index in [1.54, 1.807) is 14.2 Å². The minimum Gasteiger partial charge on any atom is -0.497 e. The number of benzene rings is 2. The molecule has 5 rings (SSSR count). The second-order valence-electron chi connectivity index (χ2n) is 7.83. The highest BCUT2D eigenvalue weighted by Gasteiger charge is 2.44. The Hall–Kier alpha value is -3.32. The van der Waals surface area contributed by atoms with E-state index in [4.69, 9.17) is 14.2 Å². The molecule has 0 bridgehead atoms. The number of carbonyl (C=O) groups is 1. The highest BCUT2D eigenvalue weighted by atomic mass is 16.5. The monoisotopic (exact) mass is 419 g/mol. The number of carbonyl (C=O) groups excluding carboxylic acids is 1. The molecule has 0 aliphatic carbocycles. The summed E-state index contributed by atoms with van der Waals surface area (Å²) in [7, 11) is 3.26. The second-order valence-corrected chi connectivity index (χ2v) is 7.83. The molecular formula is C24H25N3O4. The summed E-state index contributed by atoms with van der Waals surface area (Å²) in [5, 5.41) is 7.52. The zero-order chi connectivity index (χ0) is 21.4. The van der Waals surface area contributed by atoms with Crippen LogP contribution in [0.1, 0.15) is 40.5 Å². The molecule has 1 amide bonds. The highest BCUT2D eigenvalue weighted by molar-refractivity contribution is 6.00. The summed E-state index contributed by atoms with van der Waals surface area (Å²) >= 11 is 0. The third kappa shape index (κ3) is 3.35. The number of nitrogens with one attached hydrogen (secondary N) is 1. The van der Waals surface area contributed by atoms with Gasteiger partial charge in [-0.05, 0) is 25.0 Å². The second kappa shape index (κ2) is 8.07. The van der Waals surface area contributed by atoms with Crippen LogP contribution >= 0.6 is 0 Å². The predicted molar refractivity (Wildman–Crippen MR) is 115 cm³/mol. The van der Waals surface area contributed by atoms with Crippen molar-refractivity contribution in [3.05, 3.63) is 65.4 Å². The fraction of sp³-hybridized carbons (Fsp3) is 0.333. The Kier molecular flexibility index (Phi) is 5.11. The lowest BCUT2D eigenvalue weighted by molar-refractivity contribution is 0.0493. The smallest absolute Gasteiger partial charge is 0.273 e. The molecule has 2 unspecified atom stereocenters. The van der Waals surface area contributed by atoms with Crippen molar-refractivity contribution in [2.24, 2.45) is 0 Å². The lowest BCUT2D eigenvalue weighted by Crippen LogP contribution is -2.36. The van der Waals surface area contributed by atoms with Gasteiger partial charge in [-0.1, -0.05) is 30.3 Å². The Morgan fingerprint density at radius 3 is 2.71 bits per heavy atom. The molecule has 1 N–H and O–H groups in total. The van der Waals surface area contributed by atoms with Crippen molar-refractivity contribution in [3.8, 4) is 22.8 Å². The number of hydrogen-bond donors (Lipinski definition) is 1. The molecule has 1 aromatic heterocycles. The Morgan fingerprint density at radius 1 is 1.16 bits per heavy atom. The van der Waals surface area contributed by atoms with Gasteiger partial charge in [-0.25, -0.2) is 0 Å². The van der Waals surface area contributed by atoms with Gasteiger partial charge in [0.05, 0.1) is 32.1 Å². The minimum atomic E-state index is -0.332. The van der Waals surface area contributed by atoms with Crippen LogP contribution in [0.3, 0.4) is 0 Å². The van der Waals surface area contributed by atoms with Crippen molar-refractivity contribution in [1.29, 1.82) is 0 Å². The van der Waals surface area contributed by atoms with Crippen LogP contribution < -0.4 is 9.47 Å². The average molecular weight is 419 g/mol. The number of aromatic nitrogens is 2. The van der Waals surface area contributed by atoms with Crippen LogP contribution in [0, 0.1) is 0 Å². The topological polar surface area (TPSA) is 76.7 Å². The van der Waals surface area contributed by atoms with E-state index in [1.165, 1.54) is 0 Å². The number of nitrogens with zero attached hydrogens (tertiary/aromatic N) is 2. The lowest BCUT2D eigenvalue weighted by Gasteiger charge is -2.29. The van der Waals surface area contributed by atoms with Crippen molar-refractivity contribution in [2.45, 2.75) is 25.0 Å². The van der Waals surface area contributed by atoms with Gasteiger partial charge in [-0.2, -0.15) is 5.10 Å². The van der Waals surface area contributed by atoms with E-state index in [9.17, 15) is 4.79 Å². The fourth-order valence-corrected chi connectivity index (χ4v) is 4.58. The van der Waals surface area contributed by atoms with Crippen molar-refractivity contribution in [2.75, 3.05) is 27.4 Å². The van der Waals surface area contributed by atoms with Crippen LogP contribution in [0.4, 0.5) is 0 Å². The zero-order valence-electron chi connectivity index (χ0n) is 17.6. The molecule has 0 spiro atoms. The third-order valence-electron chi connectivity index (χ3n) is 6.07. The normalized spacial score (nSPS) is 20.2. The van der Waals surface area contributed by atoms with Gasteiger partial charge >= 0.3 is 0 Å². The van der Waals surface area contributed by atoms with E-state index >= 15 is 0 Å². The summed E-state index contributed by atoms with van der Waals surface area (Å²) in [6, 6.07) is 15.3. The number of methoxy groups -OCH3 is 2. The molecule has 2 atom stereocenters. The summed E-state index contributed by atoms with van der Waals surface area (Å²) < 4.78 is 16.9. The van der Waals surface area contributed by atoms with Crippen molar-refractivity contribution >= 4 is 5.91 Å². The molecule has 7 heteroatoms. The summed E-state index contributed by atoms with van der Waals surface area (Å²) in [6.45, 7) is 1.26. The summed E-state index contributed by atoms with van der Waals surface area (Å²) in [6.07, 6.45) is 2.01. The van der Waals surface area contributed by atoms with Crippen LogP contribution in [0.2, 0.25) is 0 Å². The molecule has 7 nitrogen and oxygen atoms in total. The highest BCUT2D eigenvalue weighted by Crippen LogP contribution is 2.46. The molecule has 3 aromatic rings. The molecular weight excluding hydrogens is 394 g/mol. The van der Waals surface area contributed by atoms with Gasteiger partial charge in [0.2, 0.25) is 0 Å². The van der Waals surface area contributed by atoms with E-state index in [-0.39, 0.29) is 18.1 Å². The van der Waals surface area contributed by atoms with Gasteiger partial charge < -0.3 is 19.1 Å². The number of amides is 1. The molecule has 160 valence electrons. The predicted octanol–water partition coefficient (Wildman–Crippen LogP) is 3.82. The number of ether oxygens (including phenoxy) is 3. The summed E-state index contributed by atoms with van der Waals surface area (Å²) in [5.41, 5.74) is 4.04. The third-order valence-corrected chi connectivity index (χ3v) is 6.07. The molecule has 2 aliphatic heterocycles. The molecule has 3 heterocycles. The molecule has 31 heavy (non-hydrogen) atoms. The first-order valence-corrected chi connectivity index (χ1v) is 10.5. The molecule has 1 saturated heterocycles. The molecule has 0 radical (unpaired) electrons. The largest absolute Gasteiger partial charge is 0.497 e. The molecule has 0 saturated carbocycles. The van der Waals surface area contributed by atoms with Gasteiger partial charge in [0.25, 0.3) is 5.91 Å². The Morgan fingerprint density at radius 2 is 2.00 bits per heavy atom. The Bertz CT molecular complexity index is 1090. The average Bonchev–Trinajstić information content (AvgIpc) is 3.54. The maximum absolute atomic E-state index is 13.5. The van der Waals surface area contributed by atoms with Gasteiger partial charge in [0.15, 0.2) is 0 Å². The van der Waals surface area contributed by atoms with Crippen LogP contribution in [0.5, 0.6) is 11.5 Å². The molecule has 2 aliphatic rings. The maximum atomic E-state index is 13.5. The summed E-state index contributed by atoms with van der Waals surface area (Å²) in [5.74, 6) is 1.30. The van der Waals surface area contributed by atoms with E-state index in [1.807, 2.05) is 53.4 Å². The fourth-order valence-electron chi connectivity index (χ4n) is 4.58. The van der Waals surface area contributed by atoms with Crippen molar-refractivity contribution < 1.29 is 19.0 Å². The standard InChI is InChI=1S/C24H25N3O4/c1-29-16-10-11-18(19(13-16)30-2)23-20-21(15-7-4-3-5-8-15)25-26-22(20)24(28)27(23)14-17-9-6-12-31-17/h3-5,7-8,10-11,13,17,23H,6,9,12,14H2,1-2H3,(H,25,26). The first kappa shape index (κ1) is 19.6. The number of aromatic amines is 1. The van der Waals surface area contributed by atoms with E-state index in [2.05, 4.69) is 10.2 Å². The quantitative estimate of drug-likeness (QED) is 0.657. The first-order chi connectivity index (χ1) is 15.2. The van der Waals surface area contributed by atoms with Crippen LogP contribution in [-0.4, -0.2) is 54.5 Å². The van der Waals surface area contributed by atoms with Crippen molar-refractivity contribution in [3.63, 3.8) is 0 Å². The van der Waals surface area contributed by atoms with Crippen molar-refractivity contribution in [1.82, 2.24) is 15.1 Å². The van der Waals surface area contributed by atoms with Crippen LogP contribution in [0.25, 0.3) is 11.3 Å². The van der Waals surface area contributed by atoms with Gasteiger partial charge in [-0.15, -0.1) is 0 Å². The zero-order valence-corrected chi connectivity index (χ0v) is 17.6. The van der Waals surface area contributed by atoms with Gasteiger partial charge in [0.1, 0.15) is 17.2 Å². The maximum Gasteiger partial charge on any atom is 0.273 e. The van der Waals surface area contributed by atoms with E-state index < -0.39 is 0 Å². The number of hydrogen-bond acceptors (Lipinski definition) is 5. The number of H-pyrrole nitrogens is 1. The van der Waals surface area contributed by atoms with Crippen LogP contribution in [0.15, 0.2) is 48.5 Å². The Balaban J connectivity index is 1.65. The van der Waals surface area contributed by atoms with Crippen LogP contribution in [-0.2, 0) is 4.74 Å². The minimum absolute atomic E-state index is 0.0350. The van der Waals surface area contributed by atoms with Gasteiger partial charge in [-0.3, -0.25) is 9.89 Å². The first-order valence-electron chi connectivity index (χ1n) is 10.5.